The maximum Gasteiger partial charge on any atom is 0.0889 e. The molecule has 0 radical (unpaired) electrons. The van der Waals surface area contributed by atoms with E-state index in [-0.39, 0.29) is 0 Å². The summed E-state index contributed by atoms with van der Waals surface area (Å²) in [6.45, 7) is 1.85. The second-order valence-corrected chi connectivity index (χ2v) is 2.50. The predicted molar refractivity (Wildman–Crippen MR) is 44.7 cm³/mol. The number of aromatic nitrogens is 1. The Hall–Kier alpha value is -1.22. The summed E-state index contributed by atoms with van der Waals surface area (Å²) in [5.41, 5.74) is 0. The quantitative estimate of drug-likeness (QED) is 0.627. The van der Waals surface area contributed by atoms with Gasteiger partial charge >= 0.3 is 0 Å². The molecule has 0 saturated carbocycles. The van der Waals surface area contributed by atoms with Crippen LogP contribution in [0.3, 0.4) is 0 Å². The molecule has 1 aliphatic heterocycles. The lowest BCUT2D eigenvalue weighted by Gasteiger charge is -2.24. The van der Waals surface area contributed by atoms with E-state index < -0.39 is 0 Å². The molecule has 0 atom stereocenters. The van der Waals surface area contributed by atoms with Crippen LogP contribution in [0.1, 0.15) is 0 Å². The molecular weight excluding hydrogens is 138 g/mol. The van der Waals surface area contributed by atoms with Crippen LogP contribution in [0, 0.1) is 0 Å². The van der Waals surface area contributed by atoms with Crippen molar-refractivity contribution in [1.29, 1.82) is 0 Å². The largest absolute Gasteiger partial charge is 0.295 e. The van der Waals surface area contributed by atoms with Crippen molar-refractivity contribution in [3.05, 3.63) is 36.8 Å². The smallest absolute Gasteiger partial charge is 0.0889 e. The normalized spacial score (nSPS) is 17.3. The van der Waals surface area contributed by atoms with Gasteiger partial charge in [0.05, 0.1) is 6.67 Å². The summed E-state index contributed by atoms with van der Waals surface area (Å²) in [4.78, 5) is 0. The zero-order valence-corrected chi connectivity index (χ0v) is 6.27. The van der Waals surface area contributed by atoms with E-state index in [2.05, 4.69) is 22.6 Å². The van der Waals surface area contributed by atoms with Gasteiger partial charge in [-0.15, -0.1) is 0 Å². The Labute approximate surface area is 65.9 Å². The maximum absolute atomic E-state index is 3.24. The first-order chi connectivity index (χ1) is 5.47. The van der Waals surface area contributed by atoms with Gasteiger partial charge in [0.2, 0.25) is 0 Å². The maximum atomic E-state index is 3.24. The van der Waals surface area contributed by atoms with Crippen LogP contribution in [0.5, 0.6) is 0 Å². The molecule has 58 valence electrons. The summed E-state index contributed by atoms with van der Waals surface area (Å²) in [6.07, 6.45) is 8.23. The second kappa shape index (κ2) is 2.80. The molecule has 0 fully saturated rings. The highest BCUT2D eigenvalue weighted by Gasteiger charge is 2.01. The monoisotopic (exact) mass is 149 g/mol. The first-order valence-electron chi connectivity index (χ1n) is 3.74. The first-order valence-corrected chi connectivity index (χ1v) is 3.74. The van der Waals surface area contributed by atoms with Crippen molar-refractivity contribution in [1.82, 2.24) is 9.99 Å². The van der Waals surface area contributed by atoms with Crippen molar-refractivity contribution in [3.63, 3.8) is 0 Å². The molecule has 1 aromatic rings. The van der Waals surface area contributed by atoms with E-state index >= 15 is 0 Å². The van der Waals surface area contributed by atoms with Crippen molar-refractivity contribution in [2.75, 3.05) is 18.2 Å². The molecule has 3 nitrogen and oxygen atoms in total. The van der Waals surface area contributed by atoms with Gasteiger partial charge in [-0.05, 0) is 12.1 Å². The Morgan fingerprint density at radius 1 is 1.18 bits per heavy atom. The molecule has 1 aliphatic rings. The third-order valence-electron chi connectivity index (χ3n) is 1.70. The fourth-order valence-corrected chi connectivity index (χ4v) is 1.14. The molecule has 1 N–H and O–H groups in total. The van der Waals surface area contributed by atoms with Crippen molar-refractivity contribution < 1.29 is 0 Å². The highest BCUT2D eigenvalue weighted by atomic mass is 15.6. The minimum Gasteiger partial charge on any atom is -0.295 e. The molecule has 2 heterocycles. The van der Waals surface area contributed by atoms with Gasteiger partial charge in [-0.25, -0.2) is 0 Å². The summed E-state index contributed by atoms with van der Waals surface area (Å²) in [5, 5.41) is 5.34. The average molecular weight is 149 g/mol. The number of hydrogen-bond acceptors (Lipinski definition) is 2. The third-order valence-corrected chi connectivity index (χ3v) is 1.70. The summed E-state index contributed by atoms with van der Waals surface area (Å²) in [5.74, 6) is 0. The first kappa shape index (κ1) is 6.49. The number of hydrogen-bond donors (Lipinski definition) is 1. The molecule has 1 aromatic heterocycles. The van der Waals surface area contributed by atoms with E-state index in [0.29, 0.717) is 0 Å². The Morgan fingerprint density at radius 3 is 2.64 bits per heavy atom. The Balaban J connectivity index is 2.16. The molecule has 3 heteroatoms. The predicted octanol–water partition coefficient (Wildman–Crippen LogP) is 0.500. The molecule has 0 bridgehead atoms. The standard InChI is InChI=1S/C8H11N3/c1-2-6-10(5-1)11-7-3-4-9-8-11/h1-3,5-7,9H,4,8H2. The van der Waals surface area contributed by atoms with Crippen molar-refractivity contribution in [2.45, 2.75) is 0 Å². The van der Waals surface area contributed by atoms with Crippen molar-refractivity contribution >= 4 is 0 Å². The molecular formula is C8H11N3. The van der Waals surface area contributed by atoms with Gasteiger partial charge < -0.3 is 0 Å². The average Bonchev–Trinajstić information content (AvgIpc) is 2.58. The van der Waals surface area contributed by atoms with E-state index in [9.17, 15) is 0 Å². The highest BCUT2D eigenvalue weighted by Crippen LogP contribution is 1.95. The van der Waals surface area contributed by atoms with Crippen LogP contribution in [-0.4, -0.2) is 17.9 Å². The van der Waals surface area contributed by atoms with E-state index in [0.717, 1.165) is 13.2 Å². The van der Waals surface area contributed by atoms with Crippen LogP contribution in [0.4, 0.5) is 0 Å². The van der Waals surface area contributed by atoms with Gasteiger partial charge in [0.25, 0.3) is 0 Å². The third kappa shape index (κ3) is 1.28. The number of rotatable bonds is 1. The molecule has 0 amide bonds. The van der Waals surface area contributed by atoms with Gasteiger partial charge in [-0.3, -0.25) is 15.0 Å². The number of nitrogens with zero attached hydrogens (tertiary/aromatic N) is 2. The van der Waals surface area contributed by atoms with Crippen LogP contribution in [0.25, 0.3) is 0 Å². The van der Waals surface area contributed by atoms with E-state index in [1.165, 1.54) is 0 Å². The van der Waals surface area contributed by atoms with E-state index in [1.54, 1.807) is 0 Å². The molecule has 2 rings (SSSR count). The van der Waals surface area contributed by atoms with E-state index in [4.69, 9.17) is 0 Å². The minimum absolute atomic E-state index is 0.880. The summed E-state index contributed by atoms with van der Waals surface area (Å²) in [6, 6.07) is 4.03. The number of nitrogens with one attached hydrogen (secondary N) is 1. The molecule has 0 unspecified atom stereocenters. The minimum atomic E-state index is 0.880. The van der Waals surface area contributed by atoms with Crippen LogP contribution in [-0.2, 0) is 0 Å². The van der Waals surface area contributed by atoms with Gasteiger partial charge in [0.15, 0.2) is 0 Å². The molecule has 0 saturated heterocycles. The van der Waals surface area contributed by atoms with Crippen LogP contribution < -0.4 is 10.3 Å². The summed E-state index contributed by atoms with van der Waals surface area (Å²) >= 11 is 0. The topological polar surface area (TPSA) is 20.2 Å². The zero-order chi connectivity index (χ0) is 7.52. The summed E-state index contributed by atoms with van der Waals surface area (Å²) in [7, 11) is 0. The zero-order valence-electron chi connectivity index (χ0n) is 6.27. The lowest BCUT2D eigenvalue weighted by Crippen LogP contribution is -2.40. The van der Waals surface area contributed by atoms with Gasteiger partial charge in [0.1, 0.15) is 0 Å². The summed E-state index contributed by atoms with van der Waals surface area (Å²) < 4.78 is 2.04. The fraction of sp³-hybridized carbons (Fsp3) is 0.250. The Kier molecular flexibility index (Phi) is 1.65. The Morgan fingerprint density at radius 2 is 2.00 bits per heavy atom. The van der Waals surface area contributed by atoms with Gasteiger partial charge in [-0.1, -0.05) is 6.08 Å². The van der Waals surface area contributed by atoms with Crippen LogP contribution >= 0.6 is 0 Å². The molecule has 0 aromatic carbocycles. The van der Waals surface area contributed by atoms with Gasteiger partial charge in [0, 0.05) is 25.1 Å². The van der Waals surface area contributed by atoms with Crippen molar-refractivity contribution in [3.8, 4) is 0 Å². The Bertz CT molecular complexity index is 238. The lowest BCUT2D eigenvalue weighted by atomic mass is 10.5. The lowest BCUT2D eigenvalue weighted by molar-refractivity contribution is 0.596. The second-order valence-electron chi connectivity index (χ2n) is 2.50. The van der Waals surface area contributed by atoms with E-state index in [1.807, 2.05) is 29.2 Å². The SMILES string of the molecule is C1=CN(n2cccc2)CNC1. The van der Waals surface area contributed by atoms with Crippen LogP contribution in [0.2, 0.25) is 0 Å². The van der Waals surface area contributed by atoms with Crippen LogP contribution in [0.15, 0.2) is 36.8 Å². The molecule has 11 heavy (non-hydrogen) atoms. The highest BCUT2D eigenvalue weighted by molar-refractivity contribution is 5.08. The molecule has 0 aliphatic carbocycles. The molecule has 0 spiro atoms. The van der Waals surface area contributed by atoms with Crippen molar-refractivity contribution in [2.24, 2.45) is 0 Å². The van der Waals surface area contributed by atoms with Gasteiger partial charge in [-0.2, -0.15) is 0 Å². The fourth-order valence-electron chi connectivity index (χ4n) is 1.14.